The third-order valence-corrected chi connectivity index (χ3v) is 2.88. The molecule has 0 bridgehead atoms. The van der Waals surface area contributed by atoms with Gasteiger partial charge in [0.1, 0.15) is 0 Å². The summed E-state index contributed by atoms with van der Waals surface area (Å²) < 4.78 is 31.6. The Morgan fingerprint density at radius 1 is 1.25 bits per heavy atom. The molecule has 3 nitrogen and oxygen atoms in total. The number of oxazole rings is 1. The minimum absolute atomic E-state index is 0.454. The summed E-state index contributed by atoms with van der Waals surface area (Å²) >= 11 is 0. The largest absolute Gasteiger partial charge is 0.441 e. The maximum absolute atomic E-state index is 13.2. The summed E-state index contributed by atoms with van der Waals surface area (Å²) in [5.41, 5.74) is 0.489. The Morgan fingerprint density at radius 2 is 2.05 bits per heavy atom. The van der Waals surface area contributed by atoms with Crippen molar-refractivity contribution in [1.29, 1.82) is 0 Å². The third-order valence-electron chi connectivity index (χ3n) is 2.88. The first-order chi connectivity index (χ1) is 9.56. The Morgan fingerprint density at radius 3 is 2.75 bits per heavy atom. The molecule has 1 aromatic heterocycles. The van der Waals surface area contributed by atoms with Crippen LogP contribution in [0.2, 0.25) is 0 Å². The summed E-state index contributed by atoms with van der Waals surface area (Å²) in [5.74, 6) is -0.694. The number of nitrogens with zero attached hydrogens (tertiary/aromatic N) is 1. The fourth-order valence-corrected chi connectivity index (χ4v) is 1.84. The minimum Gasteiger partial charge on any atom is -0.441 e. The van der Waals surface area contributed by atoms with Crippen LogP contribution in [0.15, 0.2) is 28.8 Å². The van der Waals surface area contributed by atoms with Crippen LogP contribution < -0.4 is 5.32 Å². The highest BCUT2D eigenvalue weighted by atomic mass is 19.2. The first kappa shape index (κ1) is 14.7. The summed E-state index contributed by atoms with van der Waals surface area (Å²) in [6.07, 6.45) is 3.16. The highest BCUT2D eigenvalue weighted by molar-refractivity contribution is 5.56. The van der Waals surface area contributed by atoms with Gasteiger partial charge in [0.05, 0.1) is 6.20 Å². The third kappa shape index (κ3) is 3.87. The van der Waals surface area contributed by atoms with Gasteiger partial charge >= 0.3 is 0 Å². The number of hydrogen-bond acceptors (Lipinski definition) is 3. The van der Waals surface area contributed by atoms with E-state index in [0.29, 0.717) is 29.7 Å². The van der Waals surface area contributed by atoms with Crippen molar-refractivity contribution in [1.82, 2.24) is 10.3 Å². The minimum atomic E-state index is -0.887. The Kier molecular flexibility index (Phi) is 4.84. The molecule has 0 radical (unpaired) electrons. The SMILES string of the molecule is CC(C)NCCCc1ncc(-c2ccc(F)c(F)c2)o1. The Hall–Kier alpha value is -1.75. The number of nitrogens with one attached hydrogen (secondary N) is 1. The highest BCUT2D eigenvalue weighted by Gasteiger charge is 2.09. The van der Waals surface area contributed by atoms with E-state index in [-0.39, 0.29) is 0 Å². The molecule has 1 heterocycles. The van der Waals surface area contributed by atoms with Gasteiger partial charge in [0.15, 0.2) is 23.3 Å². The predicted molar refractivity (Wildman–Crippen MR) is 73.3 cm³/mol. The van der Waals surface area contributed by atoms with Crippen LogP contribution in [0.1, 0.15) is 26.2 Å². The van der Waals surface area contributed by atoms with Crippen LogP contribution in [-0.4, -0.2) is 17.6 Å². The van der Waals surface area contributed by atoms with Gasteiger partial charge in [-0.2, -0.15) is 0 Å². The van der Waals surface area contributed by atoms with Crippen LogP contribution in [-0.2, 0) is 6.42 Å². The van der Waals surface area contributed by atoms with E-state index >= 15 is 0 Å². The lowest BCUT2D eigenvalue weighted by Gasteiger charge is -2.05. The van der Waals surface area contributed by atoms with Crippen molar-refractivity contribution in [3.8, 4) is 11.3 Å². The normalized spacial score (nSPS) is 11.2. The predicted octanol–water partition coefficient (Wildman–Crippen LogP) is 3.55. The molecule has 0 spiro atoms. The van der Waals surface area contributed by atoms with Crippen LogP contribution in [0, 0.1) is 11.6 Å². The van der Waals surface area contributed by atoms with Gasteiger partial charge in [0, 0.05) is 18.0 Å². The Bertz CT molecular complexity index is 567. The summed E-state index contributed by atoms with van der Waals surface area (Å²) in [4.78, 5) is 4.15. The lowest BCUT2D eigenvalue weighted by molar-refractivity contribution is 0.482. The monoisotopic (exact) mass is 280 g/mol. The highest BCUT2D eigenvalue weighted by Crippen LogP contribution is 2.22. The molecule has 0 aliphatic rings. The number of aryl methyl sites for hydroxylation is 1. The molecule has 0 atom stereocenters. The number of benzene rings is 1. The summed E-state index contributed by atoms with van der Waals surface area (Å²) in [5, 5.41) is 3.31. The second-order valence-electron chi connectivity index (χ2n) is 4.96. The average Bonchev–Trinajstić information content (AvgIpc) is 2.86. The number of aromatic nitrogens is 1. The average molecular weight is 280 g/mol. The molecular weight excluding hydrogens is 262 g/mol. The zero-order valence-electron chi connectivity index (χ0n) is 11.6. The topological polar surface area (TPSA) is 38.1 Å². The van der Waals surface area contributed by atoms with E-state index in [2.05, 4.69) is 24.1 Å². The van der Waals surface area contributed by atoms with Crippen LogP contribution >= 0.6 is 0 Å². The zero-order valence-corrected chi connectivity index (χ0v) is 11.6. The molecule has 108 valence electrons. The molecule has 0 saturated heterocycles. The van der Waals surface area contributed by atoms with Crippen molar-refractivity contribution >= 4 is 0 Å². The number of hydrogen-bond donors (Lipinski definition) is 1. The van der Waals surface area contributed by atoms with E-state index in [4.69, 9.17) is 4.42 Å². The Balaban J connectivity index is 1.96. The second kappa shape index (κ2) is 6.61. The molecular formula is C15H18F2N2O. The van der Waals surface area contributed by atoms with Crippen LogP contribution in [0.4, 0.5) is 8.78 Å². The Labute approximate surface area is 117 Å². The van der Waals surface area contributed by atoms with Crippen molar-refractivity contribution in [2.24, 2.45) is 0 Å². The molecule has 2 aromatic rings. The molecule has 1 aromatic carbocycles. The molecule has 1 N–H and O–H groups in total. The molecule has 0 unspecified atom stereocenters. The van der Waals surface area contributed by atoms with Crippen molar-refractivity contribution < 1.29 is 13.2 Å². The van der Waals surface area contributed by atoms with Gasteiger partial charge < -0.3 is 9.73 Å². The van der Waals surface area contributed by atoms with Gasteiger partial charge in [0.25, 0.3) is 0 Å². The maximum atomic E-state index is 13.2. The molecule has 0 saturated carbocycles. The van der Waals surface area contributed by atoms with Crippen molar-refractivity contribution in [2.45, 2.75) is 32.7 Å². The maximum Gasteiger partial charge on any atom is 0.194 e. The first-order valence-corrected chi connectivity index (χ1v) is 6.70. The van der Waals surface area contributed by atoms with E-state index < -0.39 is 11.6 Å². The zero-order chi connectivity index (χ0) is 14.5. The molecule has 20 heavy (non-hydrogen) atoms. The van der Waals surface area contributed by atoms with Crippen molar-refractivity contribution in [3.05, 3.63) is 41.9 Å². The van der Waals surface area contributed by atoms with Crippen molar-refractivity contribution in [3.63, 3.8) is 0 Å². The van der Waals surface area contributed by atoms with Gasteiger partial charge in [-0.25, -0.2) is 13.8 Å². The number of halogens is 2. The van der Waals surface area contributed by atoms with Crippen LogP contribution in [0.25, 0.3) is 11.3 Å². The van der Waals surface area contributed by atoms with Crippen LogP contribution in [0.3, 0.4) is 0 Å². The van der Waals surface area contributed by atoms with Gasteiger partial charge in [-0.15, -0.1) is 0 Å². The molecule has 0 amide bonds. The van der Waals surface area contributed by atoms with Gasteiger partial charge in [-0.05, 0) is 31.2 Å². The second-order valence-corrected chi connectivity index (χ2v) is 4.96. The summed E-state index contributed by atoms with van der Waals surface area (Å²) in [6.45, 7) is 5.07. The van der Waals surface area contributed by atoms with E-state index in [1.165, 1.54) is 12.3 Å². The summed E-state index contributed by atoms with van der Waals surface area (Å²) in [7, 11) is 0. The molecule has 2 rings (SSSR count). The lowest BCUT2D eigenvalue weighted by Crippen LogP contribution is -2.23. The van der Waals surface area contributed by atoms with E-state index in [0.717, 1.165) is 25.1 Å². The smallest absolute Gasteiger partial charge is 0.194 e. The van der Waals surface area contributed by atoms with Gasteiger partial charge in [0.2, 0.25) is 0 Å². The van der Waals surface area contributed by atoms with Crippen molar-refractivity contribution in [2.75, 3.05) is 6.54 Å². The lowest BCUT2D eigenvalue weighted by atomic mass is 10.2. The first-order valence-electron chi connectivity index (χ1n) is 6.70. The van der Waals surface area contributed by atoms with Gasteiger partial charge in [-0.1, -0.05) is 13.8 Å². The molecule has 0 aliphatic heterocycles. The molecule has 5 heteroatoms. The molecule has 0 fully saturated rings. The number of rotatable bonds is 6. The van der Waals surface area contributed by atoms with E-state index in [1.807, 2.05) is 0 Å². The fourth-order valence-electron chi connectivity index (χ4n) is 1.84. The standard InChI is InChI=1S/C15H18F2N2O/c1-10(2)18-7-3-4-15-19-9-14(20-15)11-5-6-12(16)13(17)8-11/h5-6,8-10,18H,3-4,7H2,1-2H3. The van der Waals surface area contributed by atoms with E-state index in [1.54, 1.807) is 0 Å². The fraction of sp³-hybridized carbons (Fsp3) is 0.400. The van der Waals surface area contributed by atoms with Crippen LogP contribution in [0.5, 0.6) is 0 Å². The van der Waals surface area contributed by atoms with E-state index in [9.17, 15) is 8.78 Å². The molecule has 0 aliphatic carbocycles. The quantitative estimate of drug-likeness (QED) is 0.822. The van der Waals surface area contributed by atoms with Gasteiger partial charge in [-0.3, -0.25) is 0 Å². The summed E-state index contributed by atoms with van der Waals surface area (Å²) in [6, 6.07) is 4.12.